The second-order valence-electron chi connectivity index (χ2n) is 6.58. The number of hydrogen-bond donors (Lipinski definition) is 1. The summed E-state index contributed by atoms with van der Waals surface area (Å²) >= 11 is 5.01. The van der Waals surface area contributed by atoms with E-state index in [1.54, 1.807) is 36.0 Å². The molecule has 1 saturated carbocycles. The predicted octanol–water partition coefficient (Wildman–Crippen LogP) is 5.29. The van der Waals surface area contributed by atoms with Crippen molar-refractivity contribution < 1.29 is 13.2 Å². The Labute approximate surface area is 173 Å². The molecule has 0 bridgehead atoms. The average molecular weight is 468 g/mol. The molecule has 1 fully saturated rings. The molecule has 2 aromatic carbocycles. The highest BCUT2D eigenvalue weighted by atomic mass is 79.9. The second kappa shape index (κ2) is 9.26. The zero-order valence-corrected chi connectivity index (χ0v) is 18.1. The number of nitrogens with one attached hydrogen (secondary N) is 1. The van der Waals surface area contributed by atoms with Crippen LogP contribution in [-0.4, -0.2) is 25.3 Å². The number of benzene rings is 2. The summed E-state index contributed by atoms with van der Waals surface area (Å²) in [6, 6.07) is 14.6. The SMILES string of the molecule is O=C(CCSc1ccc(Br)cc1)Nc1cccc(S(=O)(=O)C2CCCC2)c1. The van der Waals surface area contributed by atoms with Gasteiger partial charge >= 0.3 is 0 Å². The molecule has 144 valence electrons. The van der Waals surface area contributed by atoms with E-state index in [0.717, 1.165) is 35.1 Å². The van der Waals surface area contributed by atoms with Crippen LogP contribution < -0.4 is 5.32 Å². The minimum Gasteiger partial charge on any atom is -0.326 e. The number of carbonyl (C=O) groups is 1. The molecular weight excluding hydrogens is 446 g/mol. The first-order valence-corrected chi connectivity index (χ1v) is 12.3. The summed E-state index contributed by atoms with van der Waals surface area (Å²) in [5.74, 6) is 0.545. The molecule has 0 heterocycles. The summed E-state index contributed by atoms with van der Waals surface area (Å²) in [6.07, 6.45) is 3.76. The Morgan fingerprint density at radius 2 is 1.81 bits per heavy atom. The zero-order chi connectivity index (χ0) is 19.3. The van der Waals surface area contributed by atoms with E-state index in [1.165, 1.54) is 0 Å². The summed E-state index contributed by atoms with van der Waals surface area (Å²) in [5, 5.41) is 2.53. The second-order valence-corrected chi connectivity index (χ2v) is 10.9. The number of halogens is 1. The molecule has 4 nitrogen and oxygen atoms in total. The Bertz CT molecular complexity index is 892. The van der Waals surface area contributed by atoms with Gasteiger partial charge in [-0.05, 0) is 55.3 Å². The van der Waals surface area contributed by atoms with Crippen LogP contribution in [0.5, 0.6) is 0 Å². The summed E-state index contributed by atoms with van der Waals surface area (Å²) in [7, 11) is -3.31. The van der Waals surface area contributed by atoms with Crippen LogP contribution in [-0.2, 0) is 14.6 Å². The van der Waals surface area contributed by atoms with Gasteiger partial charge in [-0.2, -0.15) is 0 Å². The van der Waals surface area contributed by atoms with Crippen molar-refractivity contribution in [2.45, 2.75) is 47.1 Å². The molecular formula is C20H22BrNO3S2. The lowest BCUT2D eigenvalue weighted by molar-refractivity contribution is -0.115. The molecule has 0 saturated heterocycles. The Hall–Kier alpha value is -1.31. The van der Waals surface area contributed by atoms with Crippen LogP contribution in [0.1, 0.15) is 32.1 Å². The van der Waals surface area contributed by atoms with Gasteiger partial charge in [0.1, 0.15) is 0 Å². The van der Waals surface area contributed by atoms with Gasteiger partial charge in [0.25, 0.3) is 0 Å². The molecule has 0 aliphatic heterocycles. The summed E-state index contributed by atoms with van der Waals surface area (Å²) in [6.45, 7) is 0. The summed E-state index contributed by atoms with van der Waals surface area (Å²) < 4.78 is 26.4. The maximum absolute atomic E-state index is 12.7. The number of carbonyl (C=O) groups excluding carboxylic acids is 1. The van der Waals surface area contributed by atoms with Crippen LogP contribution >= 0.6 is 27.7 Å². The maximum atomic E-state index is 12.7. The lowest BCUT2D eigenvalue weighted by atomic mass is 10.3. The van der Waals surface area contributed by atoms with E-state index >= 15 is 0 Å². The quantitative estimate of drug-likeness (QED) is 0.562. The van der Waals surface area contributed by atoms with E-state index in [0.29, 0.717) is 22.8 Å². The number of anilines is 1. The van der Waals surface area contributed by atoms with Crippen molar-refractivity contribution in [2.24, 2.45) is 0 Å². The molecule has 1 amide bonds. The van der Waals surface area contributed by atoms with Gasteiger partial charge in [-0.15, -0.1) is 11.8 Å². The molecule has 1 N–H and O–H groups in total. The lowest BCUT2D eigenvalue weighted by Gasteiger charge is -2.12. The molecule has 1 aliphatic carbocycles. The van der Waals surface area contributed by atoms with Gasteiger partial charge in [0, 0.05) is 27.2 Å². The number of rotatable bonds is 7. The third kappa shape index (κ3) is 5.59. The Morgan fingerprint density at radius 3 is 2.52 bits per heavy atom. The largest absolute Gasteiger partial charge is 0.326 e. The van der Waals surface area contributed by atoms with Crippen LogP contribution in [0.15, 0.2) is 62.8 Å². The van der Waals surface area contributed by atoms with Crippen LogP contribution in [0.2, 0.25) is 0 Å². The predicted molar refractivity (Wildman–Crippen MR) is 114 cm³/mol. The maximum Gasteiger partial charge on any atom is 0.225 e. The van der Waals surface area contributed by atoms with E-state index < -0.39 is 9.84 Å². The van der Waals surface area contributed by atoms with E-state index in [4.69, 9.17) is 0 Å². The molecule has 0 aromatic heterocycles. The van der Waals surface area contributed by atoms with Crippen molar-refractivity contribution in [1.82, 2.24) is 0 Å². The van der Waals surface area contributed by atoms with E-state index in [1.807, 2.05) is 24.3 Å². The minimum atomic E-state index is -3.31. The van der Waals surface area contributed by atoms with E-state index in [2.05, 4.69) is 21.2 Å². The molecule has 0 radical (unpaired) electrons. The molecule has 1 aliphatic rings. The average Bonchev–Trinajstić information content (AvgIpc) is 3.19. The first-order valence-electron chi connectivity index (χ1n) is 8.97. The van der Waals surface area contributed by atoms with Crippen molar-refractivity contribution >= 4 is 49.1 Å². The van der Waals surface area contributed by atoms with Crippen molar-refractivity contribution in [3.8, 4) is 0 Å². The highest BCUT2D eigenvalue weighted by molar-refractivity contribution is 9.10. The van der Waals surface area contributed by atoms with Gasteiger partial charge in [0.2, 0.25) is 5.91 Å². The lowest BCUT2D eigenvalue weighted by Crippen LogP contribution is -2.18. The zero-order valence-electron chi connectivity index (χ0n) is 14.9. The molecule has 0 atom stereocenters. The van der Waals surface area contributed by atoms with E-state index in [9.17, 15) is 13.2 Å². The van der Waals surface area contributed by atoms with Crippen molar-refractivity contribution in [1.29, 1.82) is 0 Å². The van der Waals surface area contributed by atoms with Crippen LogP contribution in [0.25, 0.3) is 0 Å². The fourth-order valence-corrected chi connectivity index (χ4v) is 6.17. The van der Waals surface area contributed by atoms with Crippen molar-refractivity contribution in [3.05, 3.63) is 53.0 Å². The number of hydrogen-bond acceptors (Lipinski definition) is 4. The van der Waals surface area contributed by atoms with Gasteiger partial charge in [-0.25, -0.2) is 8.42 Å². The standard InChI is InChI=1S/C20H22BrNO3S2/c21-15-8-10-17(11-9-15)26-13-12-20(23)22-16-4-3-7-19(14-16)27(24,25)18-5-1-2-6-18/h3-4,7-11,14,18H,1-2,5-6,12-13H2,(H,22,23). The van der Waals surface area contributed by atoms with Crippen LogP contribution in [0.3, 0.4) is 0 Å². The molecule has 2 aromatic rings. The highest BCUT2D eigenvalue weighted by Gasteiger charge is 2.30. The molecule has 27 heavy (non-hydrogen) atoms. The third-order valence-electron chi connectivity index (χ3n) is 4.60. The number of sulfone groups is 1. The Kier molecular flexibility index (Phi) is 7.00. The first-order chi connectivity index (χ1) is 12.9. The molecule has 3 rings (SSSR count). The Morgan fingerprint density at radius 1 is 1.11 bits per heavy atom. The molecule has 0 spiro atoms. The number of thioether (sulfide) groups is 1. The smallest absolute Gasteiger partial charge is 0.225 e. The fourth-order valence-electron chi connectivity index (χ4n) is 3.16. The van der Waals surface area contributed by atoms with Crippen LogP contribution in [0, 0.1) is 0 Å². The van der Waals surface area contributed by atoms with Gasteiger partial charge in [0.15, 0.2) is 9.84 Å². The monoisotopic (exact) mass is 467 g/mol. The summed E-state index contributed by atoms with van der Waals surface area (Å²) in [5.41, 5.74) is 0.535. The van der Waals surface area contributed by atoms with Gasteiger partial charge < -0.3 is 5.32 Å². The van der Waals surface area contributed by atoms with Gasteiger partial charge in [-0.1, -0.05) is 34.8 Å². The molecule has 0 unspecified atom stereocenters. The van der Waals surface area contributed by atoms with Gasteiger partial charge in [-0.3, -0.25) is 4.79 Å². The first kappa shape index (κ1) is 20.4. The topological polar surface area (TPSA) is 63.2 Å². The minimum absolute atomic E-state index is 0.116. The van der Waals surface area contributed by atoms with Gasteiger partial charge in [0.05, 0.1) is 10.1 Å². The van der Waals surface area contributed by atoms with Crippen LogP contribution in [0.4, 0.5) is 5.69 Å². The normalized spacial score (nSPS) is 15.0. The Balaban J connectivity index is 1.55. The fraction of sp³-hybridized carbons (Fsp3) is 0.350. The van der Waals surface area contributed by atoms with Crippen molar-refractivity contribution in [2.75, 3.05) is 11.1 Å². The van der Waals surface area contributed by atoms with Crippen molar-refractivity contribution in [3.63, 3.8) is 0 Å². The third-order valence-corrected chi connectivity index (χ3v) is 8.40. The number of amides is 1. The highest BCUT2D eigenvalue weighted by Crippen LogP contribution is 2.30. The molecule has 7 heteroatoms. The van der Waals surface area contributed by atoms with E-state index in [-0.39, 0.29) is 11.2 Å². The summed E-state index contributed by atoms with van der Waals surface area (Å²) in [4.78, 5) is 13.6.